The number of nitrogens with one attached hydrogen (secondary N) is 2. The molecule has 1 fully saturated rings. The van der Waals surface area contributed by atoms with Crippen molar-refractivity contribution in [1.29, 1.82) is 0 Å². The van der Waals surface area contributed by atoms with Gasteiger partial charge in [0.1, 0.15) is 5.94 Å². The van der Waals surface area contributed by atoms with Crippen molar-refractivity contribution in [2.45, 2.75) is 6.42 Å². The van der Waals surface area contributed by atoms with Gasteiger partial charge in [0.15, 0.2) is 0 Å². The molecule has 0 unspecified atom stereocenters. The molecule has 0 aromatic heterocycles. The van der Waals surface area contributed by atoms with Gasteiger partial charge in [0.25, 0.3) is 0 Å². The highest BCUT2D eigenvalue weighted by Gasteiger charge is 2.02. The van der Waals surface area contributed by atoms with Crippen LogP contribution in [0.1, 0.15) is 6.42 Å². The van der Waals surface area contributed by atoms with Crippen molar-refractivity contribution in [1.82, 2.24) is 10.9 Å². The Morgan fingerprint density at radius 3 is 2.75 bits per heavy atom. The molecule has 0 radical (unpaired) electrons. The molecule has 0 aromatic rings. The van der Waals surface area contributed by atoms with Crippen molar-refractivity contribution >= 4 is 5.94 Å². The highest BCUT2D eigenvalue weighted by atomic mass is 16.1. The Hall–Kier alpha value is -0.630. The molecule has 3 heteroatoms. The van der Waals surface area contributed by atoms with Gasteiger partial charge in [0.2, 0.25) is 0 Å². The SMILES string of the molecule is O=C=C1CCNNC1. The quantitative estimate of drug-likeness (QED) is 0.405. The van der Waals surface area contributed by atoms with E-state index >= 15 is 0 Å². The summed E-state index contributed by atoms with van der Waals surface area (Å²) in [6.45, 7) is 1.48. The molecule has 1 aliphatic heterocycles. The van der Waals surface area contributed by atoms with Crippen LogP contribution in [0.15, 0.2) is 5.57 Å². The Kier molecular flexibility index (Phi) is 1.80. The van der Waals surface area contributed by atoms with Gasteiger partial charge in [0.05, 0.1) is 0 Å². The Labute approximate surface area is 47.7 Å². The van der Waals surface area contributed by atoms with E-state index in [1.54, 1.807) is 0 Å². The monoisotopic (exact) mass is 112 g/mol. The zero-order chi connectivity index (χ0) is 5.82. The van der Waals surface area contributed by atoms with Crippen LogP contribution in [0, 0.1) is 0 Å². The minimum Gasteiger partial charge on any atom is -0.257 e. The van der Waals surface area contributed by atoms with Gasteiger partial charge >= 0.3 is 0 Å². The van der Waals surface area contributed by atoms with Gasteiger partial charge in [0, 0.05) is 18.7 Å². The van der Waals surface area contributed by atoms with Crippen LogP contribution in [0.3, 0.4) is 0 Å². The first-order valence-corrected chi connectivity index (χ1v) is 2.62. The molecule has 0 atom stereocenters. The lowest BCUT2D eigenvalue weighted by molar-refractivity contribution is 0.503. The molecule has 0 aromatic carbocycles. The van der Waals surface area contributed by atoms with Crippen molar-refractivity contribution in [3.63, 3.8) is 0 Å². The van der Waals surface area contributed by atoms with Crippen LogP contribution >= 0.6 is 0 Å². The standard InChI is InChI=1S/C5H8N2O/c8-4-5-1-2-6-7-3-5/h6-7H,1-3H2. The molecule has 8 heavy (non-hydrogen) atoms. The van der Waals surface area contributed by atoms with Gasteiger partial charge in [-0.25, -0.2) is 4.79 Å². The number of hydrogen-bond acceptors (Lipinski definition) is 3. The maximum absolute atomic E-state index is 9.93. The van der Waals surface area contributed by atoms with Crippen LogP contribution in [-0.2, 0) is 4.79 Å². The Morgan fingerprint density at radius 2 is 2.38 bits per heavy atom. The molecule has 0 aliphatic carbocycles. The molecule has 1 aliphatic rings. The van der Waals surface area contributed by atoms with Crippen molar-refractivity contribution in [2.75, 3.05) is 13.1 Å². The predicted octanol–water partition coefficient (Wildman–Crippen LogP) is -0.758. The number of hydrazine groups is 1. The summed E-state index contributed by atoms with van der Waals surface area (Å²) in [6.07, 6.45) is 0.830. The van der Waals surface area contributed by atoms with Gasteiger partial charge in [-0.15, -0.1) is 0 Å². The summed E-state index contributed by atoms with van der Waals surface area (Å²) in [5, 5.41) is 0. The van der Waals surface area contributed by atoms with E-state index in [0.717, 1.165) is 18.5 Å². The molecule has 1 rings (SSSR count). The number of rotatable bonds is 0. The van der Waals surface area contributed by atoms with E-state index in [9.17, 15) is 4.79 Å². The fraction of sp³-hybridized carbons (Fsp3) is 0.600. The zero-order valence-electron chi connectivity index (χ0n) is 4.53. The lowest BCUT2D eigenvalue weighted by Gasteiger charge is -2.12. The topological polar surface area (TPSA) is 41.1 Å². The summed E-state index contributed by atoms with van der Waals surface area (Å²) < 4.78 is 0. The molecule has 0 spiro atoms. The summed E-state index contributed by atoms with van der Waals surface area (Å²) in [6, 6.07) is 0. The fourth-order valence-electron chi connectivity index (χ4n) is 0.646. The Balaban J connectivity index is 2.45. The van der Waals surface area contributed by atoms with Crippen molar-refractivity contribution in [2.24, 2.45) is 0 Å². The maximum Gasteiger partial charge on any atom is 0.124 e. The number of hydrogen-bond donors (Lipinski definition) is 2. The lowest BCUT2D eigenvalue weighted by atomic mass is 10.2. The molecule has 0 amide bonds. The minimum absolute atomic E-state index is 0.642. The largest absolute Gasteiger partial charge is 0.257 e. The van der Waals surface area contributed by atoms with E-state index in [2.05, 4.69) is 10.9 Å². The van der Waals surface area contributed by atoms with Gasteiger partial charge in [-0.05, 0) is 6.42 Å². The summed E-state index contributed by atoms with van der Waals surface area (Å²) in [5.74, 6) is 1.87. The Bertz CT molecular complexity index is 118. The first-order chi connectivity index (χ1) is 3.93. The summed E-state index contributed by atoms with van der Waals surface area (Å²) in [4.78, 5) is 9.93. The van der Waals surface area contributed by atoms with Crippen LogP contribution in [0.4, 0.5) is 0 Å². The van der Waals surface area contributed by atoms with E-state index in [-0.39, 0.29) is 0 Å². The summed E-state index contributed by atoms with van der Waals surface area (Å²) in [5.41, 5.74) is 6.56. The van der Waals surface area contributed by atoms with Crippen LogP contribution in [0.25, 0.3) is 0 Å². The summed E-state index contributed by atoms with van der Waals surface area (Å²) in [7, 11) is 0. The van der Waals surface area contributed by atoms with Gasteiger partial charge < -0.3 is 0 Å². The van der Waals surface area contributed by atoms with Gasteiger partial charge in [-0.1, -0.05) is 0 Å². The van der Waals surface area contributed by atoms with Crippen molar-refractivity contribution in [3.8, 4) is 0 Å². The molecular formula is C5H8N2O. The second kappa shape index (κ2) is 2.62. The average molecular weight is 112 g/mol. The first-order valence-electron chi connectivity index (χ1n) is 2.62. The fourth-order valence-corrected chi connectivity index (χ4v) is 0.646. The number of carbonyl (C=O) groups excluding carboxylic acids is 1. The third kappa shape index (κ3) is 1.17. The molecule has 0 saturated carbocycles. The lowest BCUT2D eigenvalue weighted by Crippen LogP contribution is -2.39. The third-order valence-corrected chi connectivity index (χ3v) is 1.12. The minimum atomic E-state index is 0.642. The second-order valence-electron chi connectivity index (χ2n) is 1.74. The molecule has 2 N–H and O–H groups in total. The maximum atomic E-state index is 9.93. The highest BCUT2D eigenvalue weighted by molar-refractivity contribution is 5.53. The van der Waals surface area contributed by atoms with Crippen LogP contribution < -0.4 is 10.9 Å². The van der Waals surface area contributed by atoms with E-state index in [1.165, 1.54) is 0 Å². The van der Waals surface area contributed by atoms with Crippen molar-refractivity contribution in [3.05, 3.63) is 5.57 Å². The molecule has 1 saturated heterocycles. The highest BCUT2D eigenvalue weighted by Crippen LogP contribution is 1.94. The summed E-state index contributed by atoms with van der Waals surface area (Å²) >= 11 is 0. The van der Waals surface area contributed by atoms with Crippen LogP contribution in [0.5, 0.6) is 0 Å². The van der Waals surface area contributed by atoms with Crippen molar-refractivity contribution < 1.29 is 4.79 Å². The predicted molar refractivity (Wildman–Crippen MR) is 29.8 cm³/mol. The normalized spacial score (nSPS) is 20.2. The van der Waals surface area contributed by atoms with Crippen LogP contribution in [-0.4, -0.2) is 19.0 Å². The smallest absolute Gasteiger partial charge is 0.124 e. The molecular weight excluding hydrogens is 104 g/mol. The molecule has 0 bridgehead atoms. The van der Waals surface area contributed by atoms with Gasteiger partial charge in [-0.3, -0.25) is 10.9 Å². The van der Waals surface area contributed by atoms with E-state index in [1.807, 2.05) is 5.94 Å². The molecule has 44 valence electrons. The molecule has 3 nitrogen and oxygen atoms in total. The average Bonchev–Trinajstić information content (AvgIpc) is 1.90. The van der Waals surface area contributed by atoms with Gasteiger partial charge in [-0.2, -0.15) is 0 Å². The Morgan fingerprint density at radius 1 is 1.50 bits per heavy atom. The third-order valence-electron chi connectivity index (χ3n) is 1.12. The molecule has 1 heterocycles. The van der Waals surface area contributed by atoms with E-state index in [0.29, 0.717) is 6.54 Å². The second-order valence-corrected chi connectivity index (χ2v) is 1.74. The van der Waals surface area contributed by atoms with E-state index < -0.39 is 0 Å². The van der Waals surface area contributed by atoms with E-state index in [4.69, 9.17) is 0 Å². The van der Waals surface area contributed by atoms with Crippen LogP contribution in [0.2, 0.25) is 0 Å². The first kappa shape index (κ1) is 5.51. The zero-order valence-corrected chi connectivity index (χ0v) is 4.53.